The van der Waals surface area contributed by atoms with E-state index in [0.29, 0.717) is 22.3 Å². The highest BCUT2D eigenvalue weighted by molar-refractivity contribution is 6.37. The van der Waals surface area contributed by atoms with Gasteiger partial charge >= 0.3 is 0 Å². The third-order valence-electron chi connectivity index (χ3n) is 3.65. The molecule has 124 valence electrons. The SMILES string of the molecule is CN(CC(O)COc1c(Cl)cccc1Cl)CC1CCCCO1. The number of likely N-dealkylation sites (N-methyl/N-ethyl adjacent to an activating group) is 1. The summed E-state index contributed by atoms with van der Waals surface area (Å²) in [7, 11) is 1.98. The summed E-state index contributed by atoms with van der Waals surface area (Å²) < 4.78 is 11.2. The summed E-state index contributed by atoms with van der Waals surface area (Å²) in [6.45, 7) is 2.33. The molecule has 1 heterocycles. The van der Waals surface area contributed by atoms with Gasteiger partial charge in [0.05, 0.1) is 16.1 Å². The van der Waals surface area contributed by atoms with Crippen LogP contribution in [0, 0.1) is 0 Å². The van der Waals surface area contributed by atoms with Crippen LogP contribution in [-0.2, 0) is 4.74 Å². The largest absolute Gasteiger partial charge is 0.488 e. The van der Waals surface area contributed by atoms with Crippen molar-refractivity contribution in [3.8, 4) is 5.75 Å². The van der Waals surface area contributed by atoms with E-state index in [1.165, 1.54) is 6.42 Å². The topological polar surface area (TPSA) is 41.9 Å². The fourth-order valence-electron chi connectivity index (χ4n) is 2.59. The Hall–Kier alpha value is -0.520. The fraction of sp³-hybridized carbons (Fsp3) is 0.625. The van der Waals surface area contributed by atoms with Crippen molar-refractivity contribution in [2.75, 3.05) is 33.4 Å². The third kappa shape index (κ3) is 5.60. The zero-order valence-electron chi connectivity index (χ0n) is 12.8. The van der Waals surface area contributed by atoms with Gasteiger partial charge in [-0.3, -0.25) is 0 Å². The van der Waals surface area contributed by atoms with Crippen LogP contribution in [0.1, 0.15) is 19.3 Å². The van der Waals surface area contributed by atoms with Gasteiger partial charge in [0.15, 0.2) is 5.75 Å². The molecular formula is C16H23Cl2NO3. The van der Waals surface area contributed by atoms with Gasteiger partial charge in [-0.25, -0.2) is 0 Å². The number of aliphatic hydroxyl groups is 1. The molecule has 0 spiro atoms. The van der Waals surface area contributed by atoms with E-state index in [9.17, 15) is 5.11 Å². The van der Waals surface area contributed by atoms with Crippen molar-refractivity contribution in [1.29, 1.82) is 0 Å². The summed E-state index contributed by atoms with van der Waals surface area (Å²) in [6, 6.07) is 5.18. The van der Waals surface area contributed by atoms with Crippen LogP contribution in [0.2, 0.25) is 10.0 Å². The molecule has 0 amide bonds. The van der Waals surface area contributed by atoms with E-state index in [0.717, 1.165) is 26.0 Å². The zero-order chi connectivity index (χ0) is 15.9. The Bertz CT molecular complexity index is 446. The van der Waals surface area contributed by atoms with E-state index >= 15 is 0 Å². The summed E-state index contributed by atoms with van der Waals surface area (Å²) in [5.74, 6) is 0.420. The molecule has 2 rings (SSSR count). The first-order valence-electron chi connectivity index (χ1n) is 7.61. The van der Waals surface area contributed by atoms with Gasteiger partial charge in [-0.1, -0.05) is 29.3 Å². The second kappa shape index (κ2) is 8.94. The van der Waals surface area contributed by atoms with Gasteiger partial charge in [0.25, 0.3) is 0 Å². The number of para-hydroxylation sites is 1. The molecule has 1 aromatic carbocycles. The predicted molar refractivity (Wildman–Crippen MR) is 89.1 cm³/mol. The van der Waals surface area contributed by atoms with Crippen LogP contribution in [0.15, 0.2) is 18.2 Å². The summed E-state index contributed by atoms with van der Waals surface area (Å²) in [5.41, 5.74) is 0. The van der Waals surface area contributed by atoms with Crippen LogP contribution in [0.25, 0.3) is 0 Å². The fourth-order valence-corrected chi connectivity index (χ4v) is 3.09. The molecule has 22 heavy (non-hydrogen) atoms. The monoisotopic (exact) mass is 347 g/mol. The highest BCUT2D eigenvalue weighted by atomic mass is 35.5. The standard InChI is InChI=1S/C16H23Cl2NO3/c1-19(10-13-5-2-3-8-21-13)9-12(20)11-22-16-14(17)6-4-7-15(16)18/h4,6-7,12-13,20H,2-3,5,8-11H2,1H3. The van der Waals surface area contributed by atoms with Crippen molar-refractivity contribution >= 4 is 23.2 Å². The first-order chi connectivity index (χ1) is 10.6. The minimum Gasteiger partial charge on any atom is -0.488 e. The summed E-state index contributed by atoms with van der Waals surface area (Å²) >= 11 is 12.1. The number of aliphatic hydroxyl groups excluding tert-OH is 1. The maximum atomic E-state index is 10.1. The van der Waals surface area contributed by atoms with Crippen LogP contribution in [0.4, 0.5) is 0 Å². The van der Waals surface area contributed by atoms with Crippen LogP contribution in [-0.4, -0.2) is 55.6 Å². The lowest BCUT2D eigenvalue weighted by molar-refractivity contribution is -0.0109. The van der Waals surface area contributed by atoms with Gasteiger partial charge in [0.1, 0.15) is 12.7 Å². The molecule has 6 heteroatoms. The Morgan fingerprint density at radius 3 is 2.73 bits per heavy atom. The number of rotatable bonds is 7. The Kier molecular flexibility index (Phi) is 7.25. The molecule has 0 radical (unpaired) electrons. The second-order valence-electron chi connectivity index (χ2n) is 5.73. The van der Waals surface area contributed by atoms with Crippen molar-refractivity contribution in [2.24, 2.45) is 0 Å². The first-order valence-corrected chi connectivity index (χ1v) is 8.37. The van der Waals surface area contributed by atoms with E-state index in [-0.39, 0.29) is 12.7 Å². The second-order valence-corrected chi connectivity index (χ2v) is 6.54. The van der Waals surface area contributed by atoms with Crippen LogP contribution >= 0.6 is 23.2 Å². The normalized spacial score (nSPS) is 20.1. The molecular weight excluding hydrogens is 325 g/mol. The number of hydrogen-bond donors (Lipinski definition) is 1. The molecule has 1 aliphatic rings. The van der Waals surface area contributed by atoms with Crippen molar-refractivity contribution < 1.29 is 14.6 Å². The van der Waals surface area contributed by atoms with Crippen LogP contribution < -0.4 is 4.74 Å². The van der Waals surface area contributed by atoms with Crippen LogP contribution in [0.5, 0.6) is 5.75 Å². The lowest BCUT2D eigenvalue weighted by Crippen LogP contribution is -2.39. The highest BCUT2D eigenvalue weighted by Gasteiger charge is 2.18. The maximum Gasteiger partial charge on any atom is 0.156 e. The first kappa shape index (κ1) is 17.8. The smallest absolute Gasteiger partial charge is 0.156 e. The van der Waals surface area contributed by atoms with Gasteiger partial charge in [-0.15, -0.1) is 0 Å². The minimum absolute atomic E-state index is 0.152. The van der Waals surface area contributed by atoms with Gasteiger partial charge < -0.3 is 19.5 Å². The average Bonchev–Trinajstić information content (AvgIpc) is 2.47. The molecule has 4 nitrogen and oxygen atoms in total. The van der Waals surface area contributed by atoms with Crippen LogP contribution in [0.3, 0.4) is 0 Å². The van der Waals surface area contributed by atoms with E-state index in [2.05, 4.69) is 4.90 Å². The molecule has 0 bridgehead atoms. The molecule has 1 aliphatic heterocycles. The number of benzene rings is 1. The summed E-state index contributed by atoms with van der Waals surface area (Å²) in [5, 5.41) is 11.0. The van der Waals surface area contributed by atoms with Crippen molar-refractivity contribution in [3.05, 3.63) is 28.2 Å². The lowest BCUT2D eigenvalue weighted by atomic mass is 10.1. The Labute approximate surface area is 141 Å². The number of hydrogen-bond acceptors (Lipinski definition) is 4. The van der Waals surface area contributed by atoms with Crippen molar-refractivity contribution in [2.45, 2.75) is 31.5 Å². The van der Waals surface area contributed by atoms with Gasteiger partial charge in [0, 0.05) is 19.7 Å². The molecule has 1 aromatic rings. The quantitative estimate of drug-likeness (QED) is 0.822. The van der Waals surface area contributed by atoms with E-state index in [1.54, 1.807) is 18.2 Å². The zero-order valence-corrected chi connectivity index (χ0v) is 14.3. The number of halogens is 2. The molecule has 1 fully saturated rings. The van der Waals surface area contributed by atoms with E-state index < -0.39 is 6.10 Å². The Morgan fingerprint density at radius 2 is 2.09 bits per heavy atom. The summed E-state index contributed by atoms with van der Waals surface area (Å²) in [6.07, 6.45) is 3.11. The Morgan fingerprint density at radius 1 is 1.36 bits per heavy atom. The van der Waals surface area contributed by atoms with E-state index in [4.69, 9.17) is 32.7 Å². The number of nitrogens with zero attached hydrogens (tertiary/aromatic N) is 1. The van der Waals surface area contributed by atoms with Gasteiger partial charge in [-0.2, -0.15) is 0 Å². The molecule has 2 unspecified atom stereocenters. The molecule has 1 N–H and O–H groups in total. The van der Waals surface area contributed by atoms with E-state index in [1.807, 2.05) is 7.05 Å². The highest BCUT2D eigenvalue weighted by Crippen LogP contribution is 2.32. The lowest BCUT2D eigenvalue weighted by Gasteiger charge is -2.28. The third-order valence-corrected chi connectivity index (χ3v) is 4.25. The van der Waals surface area contributed by atoms with Gasteiger partial charge in [0.2, 0.25) is 0 Å². The maximum absolute atomic E-state index is 10.1. The summed E-state index contributed by atoms with van der Waals surface area (Å²) in [4.78, 5) is 2.07. The molecule has 0 saturated carbocycles. The predicted octanol–water partition coefficient (Wildman–Crippen LogP) is 3.23. The van der Waals surface area contributed by atoms with Crippen molar-refractivity contribution in [1.82, 2.24) is 4.90 Å². The minimum atomic E-state index is -0.610. The Balaban J connectivity index is 1.74. The molecule has 2 atom stereocenters. The van der Waals surface area contributed by atoms with Gasteiger partial charge in [-0.05, 0) is 38.4 Å². The molecule has 1 saturated heterocycles. The molecule has 0 aliphatic carbocycles. The molecule has 0 aromatic heterocycles. The number of ether oxygens (including phenoxy) is 2. The average molecular weight is 348 g/mol. The van der Waals surface area contributed by atoms with Crippen molar-refractivity contribution in [3.63, 3.8) is 0 Å².